The van der Waals surface area contributed by atoms with Gasteiger partial charge in [0.1, 0.15) is 11.6 Å². The third kappa shape index (κ3) is 9.18. The summed E-state index contributed by atoms with van der Waals surface area (Å²) in [5, 5.41) is 34.7. The van der Waals surface area contributed by atoms with Crippen molar-refractivity contribution in [3.63, 3.8) is 0 Å². The van der Waals surface area contributed by atoms with Gasteiger partial charge in [0.25, 0.3) is 6.29 Å². The van der Waals surface area contributed by atoms with Crippen LogP contribution in [0.2, 0.25) is 5.02 Å². The molecule has 230 valence electrons. The van der Waals surface area contributed by atoms with Crippen LogP contribution in [0, 0.1) is 11.3 Å². The maximum atomic E-state index is 13.5. The molecule has 0 radical (unpaired) electrons. The highest BCUT2D eigenvalue weighted by Crippen LogP contribution is 2.46. The largest absolute Gasteiger partial charge is 0.511 e. The van der Waals surface area contributed by atoms with Gasteiger partial charge in [0.15, 0.2) is 0 Å². The van der Waals surface area contributed by atoms with Crippen molar-refractivity contribution < 1.29 is 48.7 Å². The van der Waals surface area contributed by atoms with Crippen LogP contribution in [-0.4, -0.2) is 88.6 Å². The number of likely N-dealkylation sites (tertiary alicyclic amines) is 1. The fourth-order valence-electron chi connectivity index (χ4n) is 4.47. The molecule has 5 N–H and O–H groups in total. The number of nitrogens with one attached hydrogen (secondary N) is 2. The molecular formula is C27H40ClN3O10. The van der Waals surface area contributed by atoms with Gasteiger partial charge in [0.2, 0.25) is 12.7 Å². The van der Waals surface area contributed by atoms with Gasteiger partial charge in [-0.15, -0.1) is 0 Å². The van der Waals surface area contributed by atoms with E-state index >= 15 is 0 Å². The first-order chi connectivity index (χ1) is 18.9. The van der Waals surface area contributed by atoms with Gasteiger partial charge in [-0.2, -0.15) is 0 Å². The molecule has 13 nitrogen and oxygen atoms in total. The SMILES string of the molecule is CC(C)[C@@H](NC(=O)NCC(C)(C)OC(=O)OCOC(=O)C(O)O)C(=O)N1CC[C@](O)(c2ccc(Cl)cc2)C(C)(C)C1. The number of carbonyl (C=O) groups is 4. The summed E-state index contributed by atoms with van der Waals surface area (Å²) in [6.45, 7) is 9.82. The van der Waals surface area contributed by atoms with Gasteiger partial charge < -0.3 is 45.1 Å². The third-order valence-corrected chi connectivity index (χ3v) is 7.18. The number of esters is 1. The number of aliphatic hydroxyl groups is 3. The van der Waals surface area contributed by atoms with E-state index in [-0.39, 0.29) is 31.5 Å². The maximum Gasteiger partial charge on any atom is 0.511 e. The molecule has 1 aromatic carbocycles. The zero-order valence-corrected chi connectivity index (χ0v) is 24.9. The minimum absolute atomic E-state index is 0.160. The Morgan fingerprint density at radius 1 is 1.10 bits per heavy atom. The van der Waals surface area contributed by atoms with Crippen LogP contribution in [-0.2, 0) is 29.4 Å². The molecule has 1 aromatic rings. The number of carbonyl (C=O) groups excluding carboxylic acids is 4. The maximum absolute atomic E-state index is 13.5. The molecule has 0 saturated carbocycles. The molecule has 1 aliphatic rings. The van der Waals surface area contributed by atoms with Crippen LogP contribution in [0.25, 0.3) is 0 Å². The Hall–Kier alpha value is -3.13. The van der Waals surface area contributed by atoms with Gasteiger partial charge in [-0.05, 0) is 43.9 Å². The second-order valence-corrected chi connectivity index (χ2v) is 12.0. The first kappa shape index (κ1) is 34.1. The molecule has 2 rings (SSSR count). The van der Waals surface area contributed by atoms with E-state index in [4.69, 9.17) is 26.6 Å². The van der Waals surface area contributed by atoms with Gasteiger partial charge in [-0.25, -0.2) is 14.4 Å². The molecule has 1 fully saturated rings. The normalized spacial score (nSPS) is 19.4. The Bertz CT molecular complexity index is 1090. The zero-order chi connectivity index (χ0) is 31.2. The number of halogens is 1. The van der Waals surface area contributed by atoms with E-state index in [1.54, 1.807) is 43.0 Å². The van der Waals surface area contributed by atoms with Crippen LogP contribution in [0.3, 0.4) is 0 Å². The van der Waals surface area contributed by atoms with Crippen molar-refractivity contribution >= 4 is 35.7 Å². The Morgan fingerprint density at radius 3 is 2.24 bits per heavy atom. The lowest BCUT2D eigenvalue weighted by molar-refractivity contribution is -0.182. The van der Waals surface area contributed by atoms with Crippen LogP contribution in [0.5, 0.6) is 0 Å². The number of aliphatic hydroxyl groups excluding tert-OH is 1. The zero-order valence-electron chi connectivity index (χ0n) is 24.1. The number of urea groups is 1. The number of hydrogen-bond acceptors (Lipinski definition) is 10. The van der Waals surface area contributed by atoms with E-state index in [0.717, 1.165) is 5.56 Å². The molecule has 0 spiro atoms. The van der Waals surface area contributed by atoms with E-state index < -0.39 is 53.9 Å². The monoisotopic (exact) mass is 601 g/mol. The van der Waals surface area contributed by atoms with Crippen molar-refractivity contribution in [2.45, 2.75) is 71.5 Å². The lowest BCUT2D eigenvalue weighted by Crippen LogP contribution is -2.61. The third-order valence-electron chi connectivity index (χ3n) is 6.93. The van der Waals surface area contributed by atoms with Crippen LogP contribution < -0.4 is 10.6 Å². The van der Waals surface area contributed by atoms with Crippen molar-refractivity contribution in [1.82, 2.24) is 15.5 Å². The topological polar surface area (TPSA) is 184 Å². The van der Waals surface area contributed by atoms with E-state index in [9.17, 15) is 24.3 Å². The molecule has 1 saturated heterocycles. The minimum atomic E-state index is -2.37. The first-order valence-corrected chi connectivity index (χ1v) is 13.5. The number of amides is 3. The summed E-state index contributed by atoms with van der Waals surface area (Å²) in [7, 11) is 0. The molecular weight excluding hydrogens is 562 g/mol. The van der Waals surface area contributed by atoms with Gasteiger partial charge in [-0.1, -0.05) is 51.4 Å². The quantitative estimate of drug-likeness (QED) is 0.196. The van der Waals surface area contributed by atoms with Crippen molar-refractivity contribution in [2.24, 2.45) is 11.3 Å². The minimum Gasteiger partial charge on any atom is -0.426 e. The van der Waals surface area contributed by atoms with Crippen LogP contribution >= 0.6 is 11.6 Å². The smallest absolute Gasteiger partial charge is 0.426 e. The predicted molar refractivity (Wildman–Crippen MR) is 146 cm³/mol. The molecule has 0 bridgehead atoms. The summed E-state index contributed by atoms with van der Waals surface area (Å²) in [4.78, 5) is 50.7. The second kappa shape index (κ2) is 13.7. The summed E-state index contributed by atoms with van der Waals surface area (Å²) in [5.74, 6) is -1.95. The summed E-state index contributed by atoms with van der Waals surface area (Å²) < 4.78 is 13.9. The number of benzene rings is 1. The summed E-state index contributed by atoms with van der Waals surface area (Å²) in [6, 6.07) is 5.48. The Kier molecular flexibility index (Phi) is 11.4. The fourth-order valence-corrected chi connectivity index (χ4v) is 4.59. The Labute approximate surface area is 244 Å². The first-order valence-electron chi connectivity index (χ1n) is 13.1. The van der Waals surface area contributed by atoms with Crippen molar-refractivity contribution in [2.75, 3.05) is 26.4 Å². The number of rotatable bonds is 10. The predicted octanol–water partition coefficient (Wildman–Crippen LogP) is 1.85. The molecule has 0 unspecified atom stereocenters. The summed E-state index contributed by atoms with van der Waals surface area (Å²) >= 11 is 6.01. The van der Waals surface area contributed by atoms with Gasteiger partial charge in [-0.3, -0.25) is 4.79 Å². The number of piperidine rings is 1. The number of ether oxygens (including phenoxy) is 3. The van der Waals surface area contributed by atoms with Crippen LogP contribution in [0.4, 0.5) is 9.59 Å². The molecule has 1 heterocycles. The molecule has 0 aromatic heterocycles. The van der Waals surface area contributed by atoms with E-state index in [1.807, 2.05) is 13.8 Å². The average Bonchev–Trinajstić information content (AvgIpc) is 2.87. The summed E-state index contributed by atoms with van der Waals surface area (Å²) in [5.41, 5.74) is -2.42. The van der Waals surface area contributed by atoms with Crippen molar-refractivity contribution in [3.05, 3.63) is 34.9 Å². The van der Waals surface area contributed by atoms with Gasteiger partial charge in [0, 0.05) is 23.5 Å². The highest BCUT2D eigenvalue weighted by molar-refractivity contribution is 6.30. The van der Waals surface area contributed by atoms with E-state index in [0.29, 0.717) is 11.4 Å². The molecule has 1 aliphatic heterocycles. The average molecular weight is 602 g/mol. The molecule has 0 aliphatic carbocycles. The molecule has 2 atom stereocenters. The molecule has 41 heavy (non-hydrogen) atoms. The van der Waals surface area contributed by atoms with Crippen molar-refractivity contribution in [3.8, 4) is 0 Å². The lowest BCUT2D eigenvalue weighted by Gasteiger charge is -2.51. The van der Waals surface area contributed by atoms with Crippen molar-refractivity contribution in [1.29, 1.82) is 0 Å². The van der Waals surface area contributed by atoms with E-state index in [2.05, 4.69) is 20.1 Å². The molecule has 14 heteroatoms. The highest BCUT2D eigenvalue weighted by atomic mass is 35.5. The number of hydrogen-bond donors (Lipinski definition) is 5. The fraction of sp³-hybridized carbons (Fsp3) is 0.630. The second-order valence-electron chi connectivity index (χ2n) is 11.5. The lowest BCUT2D eigenvalue weighted by atomic mass is 9.66. The number of nitrogens with zero attached hydrogens (tertiary/aromatic N) is 1. The van der Waals surface area contributed by atoms with Gasteiger partial charge >= 0.3 is 18.2 Å². The Morgan fingerprint density at radius 2 is 1.71 bits per heavy atom. The summed E-state index contributed by atoms with van der Waals surface area (Å²) in [6.07, 6.45) is -3.29. The van der Waals surface area contributed by atoms with Crippen LogP contribution in [0.15, 0.2) is 24.3 Å². The van der Waals surface area contributed by atoms with Gasteiger partial charge in [0.05, 0.1) is 12.1 Å². The highest BCUT2D eigenvalue weighted by Gasteiger charge is 2.50. The van der Waals surface area contributed by atoms with Crippen LogP contribution in [0.1, 0.15) is 53.5 Å². The standard InChI is InChI=1S/C27H40ClN3O10/c1-16(2)19(30-23(36)29-13-26(5,6)41-24(37)40-15-39-22(35)21(33)34)20(32)31-12-11-27(38,25(3,4)14-31)17-7-9-18(28)10-8-17/h7-10,16,19,21,33-34,38H,11-15H2,1-6H3,(H2,29,30,36)/t19-,27+/m1/s1. The Balaban J connectivity index is 1.94. The van der Waals surface area contributed by atoms with E-state index in [1.165, 1.54) is 13.8 Å². The molecule has 3 amide bonds.